The highest BCUT2D eigenvalue weighted by Gasteiger charge is 2.19. The molecule has 0 fully saturated rings. The molecule has 130 valence electrons. The lowest BCUT2D eigenvalue weighted by molar-refractivity contribution is 0.201. The molecule has 5 nitrogen and oxygen atoms in total. The Morgan fingerprint density at radius 1 is 1.08 bits per heavy atom. The van der Waals surface area contributed by atoms with Crippen molar-refractivity contribution in [2.75, 3.05) is 7.05 Å². The minimum absolute atomic E-state index is 0.0308. The number of hydrogen-bond donors (Lipinski definition) is 0. The van der Waals surface area contributed by atoms with Crippen LogP contribution in [0.25, 0.3) is 0 Å². The van der Waals surface area contributed by atoms with Crippen molar-refractivity contribution >= 4 is 0 Å². The molecule has 0 bridgehead atoms. The molecule has 0 spiro atoms. The first-order valence-corrected chi connectivity index (χ1v) is 8.07. The fraction of sp³-hybridized carbons (Fsp3) is 0.263. The SMILES string of the molecule is CC(c1nnc(COc2ccccc2F)o1)N(C)Cc1ccccc1. The Morgan fingerprint density at radius 2 is 1.80 bits per heavy atom. The van der Waals surface area contributed by atoms with Gasteiger partial charge in [-0.1, -0.05) is 42.5 Å². The van der Waals surface area contributed by atoms with Crippen LogP contribution in [0.2, 0.25) is 0 Å². The van der Waals surface area contributed by atoms with Crippen LogP contribution >= 0.6 is 0 Å². The first kappa shape index (κ1) is 17.1. The summed E-state index contributed by atoms with van der Waals surface area (Å²) in [5.41, 5.74) is 1.21. The average Bonchev–Trinajstić information content (AvgIpc) is 3.10. The molecule has 0 aliphatic heterocycles. The number of para-hydroxylation sites is 1. The first-order chi connectivity index (χ1) is 12.1. The van der Waals surface area contributed by atoms with E-state index in [-0.39, 0.29) is 18.4 Å². The summed E-state index contributed by atoms with van der Waals surface area (Å²) in [6, 6.07) is 16.3. The molecule has 1 heterocycles. The Morgan fingerprint density at radius 3 is 2.56 bits per heavy atom. The van der Waals surface area contributed by atoms with E-state index in [1.807, 2.05) is 32.2 Å². The lowest BCUT2D eigenvalue weighted by Crippen LogP contribution is -2.22. The fourth-order valence-electron chi connectivity index (χ4n) is 2.39. The zero-order valence-corrected chi connectivity index (χ0v) is 14.2. The Labute approximate surface area is 146 Å². The van der Waals surface area contributed by atoms with E-state index in [1.54, 1.807) is 18.2 Å². The highest BCUT2D eigenvalue weighted by atomic mass is 19.1. The van der Waals surface area contributed by atoms with E-state index in [4.69, 9.17) is 9.15 Å². The molecule has 0 amide bonds. The van der Waals surface area contributed by atoms with Gasteiger partial charge in [-0.05, 0) is 31.7 Å². The Balaban J connectivity index is 1.59. The van der Waals surface area contributed by atoms with Crippen LogP contribution in [-0.2, 0) is 13.2 Å². The van der Waals surface area contributed by atoms with Gasteiger partial charge in [0.1, 0.15) is 0 Å². The predicted octanol–water partition coefficient (Wildman–Crippen LogP) is 3.98. The molecule has 6 heteroatoms. The van der Waals surface area contributed by atoms with Crippen molar-refractivity contribution in [1.29, 1.82) is 0 Å². The molecule has 1 unspecified atom stereocenters. The largest absolute Gasteiger partial charge is 0.481 e. The smallest absolute Gasteiger partial charge is 0.253 e. The monoisotopic (exact) mass is 341 g/mol. The number of halogens is 1. The maximum atomic E-state index is 13.5. The van der Waals surface area contributed by atoms with Gasteiger partial charge in [-0.25, -0.2) is 4.39 Å². The maximum Gasteiger partial charge on any atom is 0.253 e. The Hall–Kier alpha value is -2.73. The molecule has 2 aromatic carbocycles. The van der Waals surface area contributed by atoms with Crippen LogP contribution in [0.1, 0.15) is 30.3 Å². The van der Waals surface area contributed by atoms with E-state index in [0.717, 1.165) is 6.54 Å². The van der Waals surface area contributed by atoms with Gasteiger partial charge in [-0.3, -0.25) is 4.90 Å². The summed E-state index contributed by atoms with van der Waals surface area (Å²) in [6.45, 7) is 2.80. The van der Waals surface area contributed by atoms with Crippen LogP contribution < -0.4 is 4.74 Å². The third-order valence-corrected chi connectivity index (χ3v) is 3.96. The van der Waals surface area contributed by atoms with E-state index in [0.29, 0.717) is 11.8 Å². The minimum Gasteiger partial charge on any atom is -0.481 e. The molecule has 0 aliphatic carbocycles. The van der Waals surface area contributed by atoms with E-state index >= 15 is 0 Å². The number of aromatic nitrogens is 2. The molecule has 0 N–H and O–H groups in total. The van der Waals surface area contributed by atoms with Gasteiger partial charge < -0.3 is 9.15 Å². The number of benzene rings is 2. The highest BCUT2D eigenvalue weighted by Crippen LogP contribution is 2.21. The molecule has 0 saturated heterocycles. The number of rotatable bonds is 7. The van der Waals surface area contributed by atoms with Crippen molar-refractivity contribution in [3.05, 3.63) is 77.8 Å². The molecule has 1 aromatic heterocycles. The van der Waals surface area contributed by atoms with Crippen LogP contribution in [0.3, 0.4) is 0 Å². The zero-order valence-electron chi connectivity index (χ0n) is 14.2. The minimum atomic E-state index is -0.418. The molecule has 0 radical (unpaired) electrons. The summed E-state index contributed by atoms with van der Waals surface area (Å²) in [4.78, 5) is 2.12. The topological polar surface area (TPSA) is 51.4 Å². The highest BCUT2D eigenvalue weighted by molar-refractivity contribution is 5.23. The van der Waals surface area contributed by atoms with Crippen LogP contribution in [-0.4, -0.2) is 22.1 Å². The molecule has 0 aliphatic rings. The second-order valence-corrected chi connectivity index (χ2v) is 5.83. The van der Waals surface area contributed by atoms with Gasteiger partial charge in [0.25, 0.3) is 5.89 Å². The van der Waals surface area contributed by atoms with Crippen LogP contribution in [0, 0.1) is 5.82 Å². The van der Waals surface area contributed by atoms with Crippen molar-refractivity contribution in [2.24, 2.45) is 0 Å². The normalized spacial score (nSPS) is 12.3. The van der Waals surface area contributed by atoms with Gasteiger partial charge in [-0.15, -0.1) is 10.2 Å². The summed E-state index contributed by atoms with van der Waals surface area (Å²) in [6.07, 6.45) is 0. The molecule has 0 saturated carbocycles. The van der Waals surface area contributed by atoms with Crippen molar-refractivity contribution in [3.8, 4) is 5.75 Å². The molecule has 3 aromatic rings. The summed E-state index contributed by atoms with van der Waals surface area (Å²) in [7, 11) is 2.00. The van der Waals surface area contributed by atoms with Gasteiger partial charge in [-0.2, -0.15) is 0 Å². The maximum absolute atomic E-state index is 13.5. The lowest BCUT2D eigenvalue weighted by Gasteiger charge is -2.21. The summed E-state index contributed by atoms with van der Waals surface area (Å²) >= 11 is 0. The first-order valence-electron chi connectivity index (χ1n) is 8.07. The lowest BCUT2D eigenvalue weighted by atomic mass is 10.2. The molecular formula is C19H20FN3O2. The Kier molecular flexibility index (Phi) is 5.40. The molecule has 3 rings (SSSR count). The molecule has 25 heavy (non-hydrogen) atoms. The van der Waals surface area contributed by atoms with E-state index in [1.165, 1.54) is 11.6 Å². The third-order valence-electron chi connectivity index (χ3n) is 3.96. The average molecular weight is 341 g/mol. The zero-order chi connectivity index (χ0) is 17.6. The van der Waals surface area contributed by atoms with E-state index in [2.05, 4.69) is 27.2 Å². The number of ether oxygens (including phenoxy) is 1. The van der Waals surface area contributed by atoms with E-state index < -0.39 is 5.82 Å². The molecule has 1 atom stereocenters. The second kappa shape index (κ2) is 7.90. The number of nitrogens with zero attached hydrogens (tertiary/aromatic N) is 3. The van der Waals surface area contributed by atoms with Gasteiger partial charge in [0, 0.05) is 6.54 Å². The molecular weight excluding hydrogens is 321 g/mol. The summed E-state index contributed by atoms with van der Waals surface area (Å²) in [5.74, 6) is 0.568. The Bertz CT molecular complexity index is 807. The number of hydrogen-bond acceptors (Lipinski definition) is 5. The van der Waals surface area contributed by atoms with Crippen molar-refractivity contribution < 1.29 is 13.5 Å². The second-order valence-electron chi connectivity index (χ2n) is 5.83. The standard InChI is InChI=1S/C19H20FN3O2/c1-14(23(2)12-15-8-4-3-5-9-15)19-22-21-18(25-19)13-24-17-11-7-6-10-16(17)20/h3-11,14H,12-13H2,1-2H3. The van der Waals surface area contributed by atoms with Gasteiger partial charge >= 0.3 is 0 Å². The van der Waals surface area contributed by atoms with Gasteiger partial charge in [0.2, 0.25) is 5.89 Å². The van der Waals surface area contributed by atoms with Crippen LogP contribution in [0.5, 0.6) is 5.75 Å². The third kappa shape index (κ3) is 4.42. The quantitative estimate of drug-likeness (QED) is 0.650. The van der Waals surface area contributed by atoms with E-state index in [9.17, 15) is 4.39 Å². The van der Waals surface area contributed by atoms with Crippen molar-refractivity contribution in [1.82, 2.24) is 15.1 Å². The van der Waals surface area contributed by atoms with Gasteiger partial charge in [0.05, 0.1) is 6.04 Å². The van der Waals surface area contributed by atoms with Gasteiger partial charge in [0.15, 0.2) is 18.2 Å². The van der Waals surface area contributed by atoms with Crippen LogP contribution in [0.15, 0.2) is 59.0 Å². The summed E-state index contributed by atoms with van der Waals surface area (Å²) in [5, 5.41) is 8.06. The van der Waals surface area contributed by atoms with Crippen LogP contribution in [0.4, 0.5) is 4.39 Å². The van der Waals surface area contributed by atoms with Crippen molar-refractivity contribution in [2.45, 2.75) is 26.1 Å². The predicted molar refractivity (Wildman–Crippen MR) is 91.4 cm³/mol. The summed E-state index contributed by atoms with van der Waals surface area (Å²) < 4.78 is 24.6. The van der Waals surface area contributed by atoms with Crippen molar-refractivity contribution in [3.63, 3.8) is 0 Å². The fourth-order valence-corrected chi connectivity index (χ4v) is 2.39.